The molecule has 0 amide bonds. The molecule has 35 heavy (non-hydrogen) atoms. The largest absolute Gasteiger partial charge is 0.488 e. The van der Waals surface area contributed by atoms with Crippen molar-refractivity contribution in [3.05, 3.63) is 79.8 Å². The molecule has 0 spiro atoms. The van der Waals surface area contributed by atoms with Gasteiger partial charge in [0.2, 0.25) is 5.95 Å². The highest BCUT2D eigenvalue weighted by atomic mass is 35.5. The highest BCUT2D eigenvalue weighted by molar-refractivity contribution is 6.30. The van der Waals surface area contributed by atoms with Gasteiger partial charge in [0.25, 0.3) is 0 Å². The molecule has 1 aromatic heterocycles. The summed E-state index contributed by atoms with van der Waals surface area (Å²) in [5.41, 5.74) is -0.423. The van der Waals surface area contributed by atoms with E-state index in [-0.39, 0.29) is 49.4 Å². The first-order valence-corrected chi connectivity index (χ1v) is 11.3. The SMILES string of the molecule is COC(=O)CCCn1c(=O)nc(Nc2ccc(OC(C)C)c(F)c2)n(Cc2ccc(Cl)cc2)c1=O. The smallest absolute Gasteiger partial charge is 0.354 e. The number of benzene rings is 2. The fraction of sp³-hybridized carbons (Fsp3) is 0.333. The number of halogens is 2. The maximum Gasteiger partial charge on any atom is 0.354 e. The molecule has 1 heterocycles. The van der Waals surface area contributed by atoms with Gasteiger partial charge >= 0.3 is 17.3 Å². The predicted molar refractivity (Wildman–Crippen MR) is 130 cm³/mol. The van der Waals surface area contributed by atoms with E-state index in [1.807, 2.05) is 0 Å². The Morgan fingerprint density at radius 1 is 1.14 bits per heavy atom. The van der Waals surface area contributed by atoms with Crippen molar-refractivity contribution >= 4 is 29.2 Å². The van der Waals surface area contributed by atoms with Gasteiger partial charge in [-0.1, -0.05) is 23.7 Å². The molecule has 1 N–H and O–H groups in total. The van der Waals surface area contributed by atoms with E-state index < -0.39 is 23.2 Å². The predicted octanol–water partition coefficient (Wildman–Crippen LogP) is 3.73. The Hall–Kier alpha value is -3.66. The molecule has 0 bridgehead atoms. The summed E-state index contributed by atoms with van der Waals surface area (Å²) in [6.07, 6.45) is 0.0601. The summed E-state index contributed by atoms with van der Waals surface area (Å²) in [6, 6.07) is 11.0. The second-order valence-electron chi connectivity index (χ2n) is 7.98. The van der Waals surface area contributed by atoms with E-state index in [0.717, 1.165) is 10.1 Å². The van der Waals surface area contributed by atoms with Crippen LogP contribution in [0.5, 0.6) is 5.75 Å². The lowest BCUT2D eigenvalue weighted by Crippen LogP contribution is -2.42. The van der Waals surface area contributed by atoms with Crippen molar-refractivity contribution in [3.8, 4) is 5.75 Å². The Kier molecular flexibility index (Phi) is 8.64. The van der Waals surface area contributed by atoms with Crippen LogP contribution in [0.4, 0.5) is 16.0 Å². The van der Waals surface area contributed by atoms with Crippen LogP contribution in [0.25, 0.3) is 0 Å². The number of nitrogens with zero attached hydrogens (tertiary/aromatic N) is 3. The molecular formula is C24H26ClFN4O5. The molecular weight excluding hydrogens is 479 g/mol. The monoisotopic (exact) mass is 504 g/mol. The zero-order valence-corrected chi connectivity index (χ0v) is 20.3. The Bertz CT molecular complexity index is 1300. The van der Waals surface area contributed by atoms with Gasteiger partial charge in [0, 0.05) is 29.7 Å². The number of anilines is 2. The zero-order chi connectivity index (χ0) is 25.5. The van der Waals surface area contributed by atoms with Crippen LogP contribution in [0.3, 0.4) is 0 Å². The van der Waals surface area contributed by atoms with Gasteiger partial charge in [-0.05, 0) is 50.1 Å². The summed E-state index contributed by atoms with van der Waals surface area (Å²) < 4.78 is 26.7. The third kappa shape index (κ3) is 6.92. The van der Waals surface area contributed by atoms with Crippen molar-refractivity contribution in [2.75, 3.05) is 12.4 Å². The fourth-order valence-electron chi connectivity index (χ4n) is 3.27. The number of carbonyl (C=O) groups is 1. The lowest BCUT2D eigenvalue weighted by Gasteiger charge is -2.16. The number of hydrogen-bond acceptors (Lipinski definition) is 7. The van der Waals surface area contributed by atoms with Crippen LogP contribution >= 0.6 is 11.6 Å². The summed E-state index contributed by atoms with van der Waals surface area (Å²) in [4.78, 5) is 41.4. The molecule has 3 aromatic rings. The van der Waals surface area contributed by atoms with E-state index in [1.54, 1.807) is 44.2 Å². The van der Waals surface area contributed by atoms with E-state index in [0.29, 0.717) is 5.02 Å². The van der Waals surface area contributed by atoms with Gasteiger partial charge in [-0.3, -0.25) is 9.36 Å². The summed E-state index contributed by atoms with van der Waals surface area (Å²) in [5.74, 6) is -1.03. The topological polar surface area (TPSA) is 104 Å². The molecule has 3 rings (SSSR count). The van der Waals surface area contributed by atoms with Crippen molar-refractivity contribution in [1.29, 1.82) is 0 Å². The number of esters is 1. The van der Waals surface area contributed by atoms with Crippen LogP contribution in [-0.2, 0) is 22.6 Å². The standard InChI is InChI=1S/C24H26ClFN4O5/c1-15(2)35-20-11-10-18(13-19(20)26)27-22-28-23(32)29(12-4-5-21(31)34-3)24(33)30(22)14-16-6-8-17(25)9-7-16/h6-11,13,15H,4-5,12,14H2,1-3H3,(H,27,28,32). The first kappa shape index (κ1) is 26.0. The molecule has 0 fully saturated rings. The highest BCUT2D eigenvalue weighted by Gasteiger charge is 2.16. The van der Waals surface area contributed by atoms with E-state index in [9.17, 15) is 18.8 Å². The van der Waals surface area contributed by atoms with E-state index in [4.69, 9.17) is 16.3 Å². The van der Waals surface area contributed by atoms with E-state index >= 15 is 0 Å². The summed E-state index contributed by atoms with van der Waals surface area (Å²) >= 11 is 5.96. The second-order valence-corrected chi connectivity index (χ2v) is 8.42. The van der Waals surface area contributed by atoms with E-state index in [2.05, 4.69) is 15.0 Å². The molecule has 0 radical (unpaired) electrons. The van der Waals surface area contributed by atoms with Crippen LogP contribution in [0.15, 0.2) is 52.1 Å². The minimum Gasteiger partial charge on any atom is -0.488 e. The number of hydrogen-bond donors (Lipinski definition) is 1. The average Bonchev–Trinajstić information content (AvgIpc) is 2.81. The van der Waals surface area contributed by atoms with Gasteiger partial charge in [0.05, 0.1) is 19.8 Å². The minimum atomic E-state index is -0.796. The molecule has 0 atom stereocenters. The molecule has 11 heteroatoms. The van der Waals surface area contributed by atoms with Crippen molar-refractivity contribution in [3.63, 3.8) is 0 Å². The third-order valence-corrected chi connectivity index (χ3v) is 5.20. The third-order valence-electron chi connectivity index (χ3n) is 4.94. The molecule has 186 valence electrons. The number of carbonyl (C=O) groups excluding carboxylic acids is 1. The van der Waals surface area contributed by atoms with Crippen LogP contribution < -0.4 is 21.4 Å². The number of nitrogens with one attached hydrogen (secondary N) is 1. The number of aromatic nitrogens is 3. The summed E-state index contributed by atoms with van der Waals surface area (Å²) in [6.45, 7) is 3.62. The average molecular weight is 505 g/mol. The lowest BCUT2D eigenvalue weighted by atomic mass is 10.2. The summed E-state index contributed by atoms with van der Waals surface area (Å²) in [7, 11) is 1.26. The molecule has 0 aliphatic carbocycles. The van der Waals surface area contributed by atoms with Crippen molar-refractivity contribution in [1.82, 2.24) is 14.1 Å². The van der Waals surface area contributed by atoms with E-state index in [1.165, 1.54) is 23.8 Å². The van der Waals surface area contributed by atoms with Crippen LogP contribution in [0, 0.1) is 5.82 Å². The van der Waals surface area contributed by atoms with Gasteiger partial charge in [0.15, 0.2) is 11.6 Å². The molecule has 2 aromatic carbocycles. The second kappa shape index (κ2) is 11.7. The van der Waals surface area contributed by atoms with Crippen molar-refractivity contribution < 1.29 is 18.7 Å². The lowest BCUT2D eigenvalue weighted by molar-refractivity contribution is -0.140. The van der Waals surface area contributed by atoms with Crippen LogP contribution in [0.2, 0.25) is 5.02 Å². The summed E-state index contributed by atoms with van der Waals surface area (Å²) in [5, 5.41) is 3.39. The van der Waals surface area contributed by atoms with Crippen molar-refractivity contribution in [2.45, 2.75) is 45.9 Å². The molecule has 0 unspecified atom stereocenters. The van der Waals surface area contributed by atoms with Gasteiger partial charge < -0.3 is 14.8 Å². The molecule has 9 nitrogen and oxygen atoms in total. The van der Waals surface area contributed by atoms with Gasteiger partial charge in [-0.15, -0.1) is 0 Å². The van der Waals surface area contributed by atoms with Gasteiger partial charge in [-0.25, -0.2) is 18.5 Å². The first-order valence-electron chi connectivity index (χ1n) is 10.9. The first-order chi connectivity index (χ1) is 16.7. The Morgan fingerprint density at radius 3 is 2.49 bits per heavy atom. The van der Waals surface area contributed by atoms with Crippen LogP contribution in [-0.4, -0.2) is 33.3 Å². The Labute approximate surface area is 206 Å². The number of methoxy groups -OCH3 is 1. The minimum absolute atomic E-state index is 0.0173. The maximum absolute atomic E-state index is 14.5. The molecule has 0 aliphatic heterocycles. The number of ether oxygens (including phenoxy) is 2. The molecule has 0 saturated heterocycles. The Balaban J connectivity index is 1.98. The van der Waals surface area contributed by atoms with Gasteiger partial charge in [0.1, 0.15) is 0 Å². The molecule has 0 saturated carbocycles. The zero-order valence-electron chi connectivity index (χ0n) is 19.6. The number of rotatable bonds is 10. The Morgan fingerprint density at radius 2 is 1.86 bits per heavy atom. The highest BCUT2D eigenvalue weighted by Crippen LogP contribution is 2.24. The van der Waals surface area contributed by atoms with Crippen LogP contribution in [0.1, 0.15) is 32.3 Å². The maximum atomic E-state index is 14.5. The normalized spacial score (nSPS) is 10.9. The molecule has 0 aliphatic rings. The fourth-order valence-corrected chi connectivity index (χ4v) is 3.40. The van der Waals surface area contributed by atoms with Crippen molar-refractivity contribution in [2.24, 2.45) is 0 Å². The quantitative estimate of drug-likeness (QED) is 0.419. The van der Waals surface area contributed by atoms with Gasteiger partial charge in [-0.2, -0.15) is 4.98 Å².